The standard InChI is InChI=1S/C14H14BrN3O/c15-7-9-18(11-12-4-2-1-3-5-12)14(19)13-6-8-16-17-10-13/h1-6,8,10H,7,9,11H2. The molecule has 1 amide bonds. The van der Waals surface area contributed by atoms with Crippen molar-refractivity contribution in [1.29, 1.82) is 0 Å². The molecular weight excluding hydrogens is 306 g/mol. The molecule has 0 radical (unpaired) electrons. The van der Waals surface area contributed by atoms with Gasteiger partial charge >= 0.3 is 0 Å². The van der Waals surface area contributed by atoms with Gasteiger partial charge in [0.1, 0.15) is 0 Å². The number of carbonyl (C=O) groups is 1. The van der Waals surface area contributed by atoms with Crippen molar-refractivity contribution >= 4 is 21.8 Å². The van der Waals surface area contributed by atoms with Gasteiger partial charge in [-0.05, 0) is 11.6 Å². The van der Waals surface area contributed by atoms with Crippen molar-refractivity contribution in [3.05, 3.63) is 59.9 Å². The average molecular weight is 320 g/mol. The molecule has 0 saturated carbocycles. The first-order chi connectivity index (χ1) is 9.31. The predicted octanol–water partition coefficient (Wildman–Crippen LogP) is 2.51. The van der Waals surface area contributed by atoms with E-state index in [1.165, 1.54) is 12.4 Å². The lowest BCUT2D eigenvalue weighted by molar-refractivity contribution is 0.0754. The molecule has 0 fully saturated rings. The van der Waals surface area contributed by atoms with Crippen LogP contribution in [-0.4, -0.2) is 32.9 Å². The summed E-state index contributed by atoms with van der Waals surface area (Å²) < 4.78 is 0. The topological polar surface area (TPSA) is 46.1 Å². The van der Waals surface area contributed by atoms with Crippen LogP contribution in [0.2, 0.25) is 0 Å². The Bertz CT molecular complexity index is 519. The molecule has 2 rings (SSSR count). The number of amides is 1. The summed E-state index contributed by atoms with van der Waals surface area (Å²) in [7, 11) is 0. The van der Waals surface area contributed by atoms with E-state index < -0.39 is 0 Å². The Kier molecular flexibility index (Phi) is 5.03. The fourth-order valence-electron chi connectivity index (χ4n) is 1.76. The zero-order chi connectivity index (χ0) is 13.5. The van der Waals surface area contributed by atoms with Crippen LogP contribution in [0, 0.1) is 0 Å². The smallest absolute Gasteiger partial charge is 0.255 e. The van der Waals surface area contributed by atoms with E-state index in [9.17, 15) is 4.79 Å². The van der Waals surface area contributed by atoms with E-state index in [-0.39, 0.29) is 5.91 Å². The molecule has 19 heavy (non-hydrogen) atoms. The molecule has 0 bridgehead atoms. The number of hydrogen-bond acceptors (Lipinski definition) is 3. The number of aromatic nitrogens is 2. The maximum atomic E-state index is 12.4. The van der Waals surface area contributed by atoms with Crippen molar-refractivity contribution in [2.45, 2.75) is 6.54 Å². The highest BCUT2D eigenvalue weighted by Gasteiger charge is 2.15. The number of benzene rings is 1. The van der Waals surface area contributed by atoms with Gasteiger partial charge in [0.2, 0.25) is 0 Å². The molecule has 98 valence electrons. The minimum absolute atomic E-state index is 0.0294. The summed E-state index contributed by atoms with van der Waals surface area (Å²) in [5.41, 5.74) is 1.67. The van der Waals surface area contributed by atoms with E-state index in [0.717, 1.165) is 10.9 Å². The van der Waals surface area contributed by atoms with Crippen LogP contribution in [0.1, 0.15) is 15.9 Å². The van der Waals surface area contributed by atoms with Gasteiger partial charge in [0.25, 0.3) is 5.91 Å². The second-order valence-corrected chi connectivity index (χ2v) is 4.83. The lowest BCUT2D eigenvalue weighted by Gasteiger charge is -2.21. The third kappa shape index (κ3) is 3.86. The summed E-state index contributed by atoms with van der Waals surface area (Å²) in [6, 6.07) is 11.6. The summed E-state index contributed by atoms with van der Waals surface area (Å²) >= 11 is 3.38. The van der Waals surface area contributed by atoms with Crippen molar-refractivity contribution in [2.24, 2.45) is 0 Å². The zero-order valence-corrected chi connectivity index (χ0v) is 12.0. The van der Waals surface area contributed by atoms with Crippen molar-refractivity contribution in [2.75, 3.05) is 11.9 Å². The van der Waals surface area contributed by atoms with E-state index in [1.54, 1.807) is 11.0 Å². The van der Waals surface area contributed by atoms with Crippen LogP contribution in [0.3, 0.4) is 0 Å². The number of hydrogen-bond donors (Lipinski definition) is 0. The fourth-order valence-corrected chi connectivity index (χ4v) is 2.19. The van der Waals surface area contributed by atoms with E-state index in [4.69, 9.17) is 0 Å². The van der Waals surface area contributed by atoms with Gasteiger partial charge in [0, 0.05) is 18.4 Å². The van der Waals surface area contributed by atoms with Gasteiger partial charge in [-0.2, -0.15) is 10.2 Å². The summed E-state index contributed by atoms with van der Waals surface area (Å²) in [4.78, 5) is 14.2. The maximum absolute atomic E-state index is 12.4. The fraction of sp³-hybridized carbons (Fsp3) is 0.214. The molecule has 1 aromatic carbocycles. The molecular formula is C14H14BrN3O. The lowest BCUT2D eigenvalue weighted by Crippen LogP contribution is -2.32. The van der Waals surface area contributed by atoms with Crippen LogP contribution in [0.15, 0.2) is 48.8 Å². The molecule has 0 aliphatic carbocycles. The second-order valence-electron chi connectivity index (χ2n) is 4.03. The zero-order valence-electron chi connectivity index (χ0n) is 10.4. The van der Waals surface area contributed by atoms with Gasteiger partial charge in [-0.3, -0.25) is 4.79 Å². The van der Waals surface area contributed by atoms with Crippen LogP contribution in [0.25, 0.3) is 0 Å². The molecule has 0 atom stereocenters. The molecule has 0 aliphatic rings. The van der Waals surface area contributed by atoms with Crippen LogP contribution in [0.5, 0.6) is 0 Å². The normalized spacial score (nSPS) is 10.2. The van der Waals surface area contributed by atoms with Crippen molar-refractivity contribution in [3.8, 4) is 0 Å². The predicted molar refractivity (Wildman–Crippen MR) is 77.0 cm³/mol. The molecule has 1 aromatic heterocycles. The van der Waals surface area contributed by atoms with Crippen LogP contribution < -0.4 is 0 Å². The summed E-state index contributed by atoms with van der Waals surface area (Å²) in [5, 5.41) is 8.17. The first kappa shape index (κ1) is 13.7. The van der Waals surface area contributed by atoms with E-state index in [1.807, 2.05) is 30.3 Å². The summed E-state index contributed by atoms with van der Waals surface area (Å²) in [6.07, 6.45) is 3.02. The monoisotopic (exact) mass is 319 g/mol. The minimum Gasteiger partial charge on any atom is -0.333 e. The molecule has 4 nitrogen and oxygen atoms in total. The third-order valence-corrected chi connectivity index (χ3v) is 3.04. The Morgan fingerprint density at radius 1 is 1.16 bits per heavy atom. The van der Waals surface area contributed by atoms with Gasteiger partial charge in [0.15, 0.2) is 0 Å². The van der Waals surface area contributed by atoms with Gasteiger partial charge in [-0.25, -0.2) is 0 Å². The molecule has 5 heteroatoms. The summed E-state index contributed by atoms with van der Waals surface area (Å²) in [6.45, 7) is 1.24. The highest BCUT2D eigenvalue weighted by Crippen LogP contribution is 2.09. The Balaban J connectivity index is 2.14. The van der Waals surface area contributed by atoms with Crippen LogP contribution in [-0.2, 0) is 6.54 Å². The van der Waals surface area contributed by atoms with Gasteiger partial charge in [0.05, 0.1) is 18.0 Å². The minimum atomic E-state index is -0.0294. The SMILES string of the molecule is O=C(c1ccnnc1)N(CCBr)Cc1ccccc1. The number of halogens is 1. The molecule has 0 saturated heterocycles. The Morgan fingerprint density at radius 3 is 2.58 bits per heavy atom. The number of rotatable bonds is 5. The van der Waals surface area contributed by atoms with E-state index in [0.29, 0.717) is 18.7 Å². The Hall–Kier alpha value is -1.75. The van der Waals surface area contributed by atoms with E-state index in [2.05, 4.69) is 26.1 Å². The van der Waals surface area contributed by atoms with E-state index >= 15 is 0 Å². The maximum Gasteiger partial charge on any atom is 0.255 e. The molecule has 0 spiro atoms. The van der Waals surface area contributed by atoms with Crippen molar-refractivity contribution < 1.29 is 4.79 Å². The first-order valence-corrected chi connectivity index (χ1v) is 7.09. The van der Waals surface area contributed by atoms with Crippen LogP contribution in [0.4, 0.5) is 0 Å². The lowest BCUT2D eigenvalue weighted by atomic mass is 10.2. The molecule has 1 heterocycles. The van der Waals surface area contributed by atoms with Gasteiger partial charge < -0.3 is 4.90 Å². The molecule has 0 aliphatic heterocycles. The molecule has 2 aromatic rings. The molecule has 0 unspecified atom stereocenters. The van der Waals surface area contributed by atoms with Crippen molar-refractivity contribution in [3.63, 3.8) is 0 Å². The Morgan fingerprint density at radius 2 is 1.95 bits per heavy atom. The largest absolute Gasteiger partial charge is 0.333 e. The highest BCUT2D eigenvalue weighted by molar-refractivity contribution is 9.09. The quantitative estimate of drug-likeness (QED) is 0.795. The number of nitrogens with zero attached hydrogens (tertiary/aromatic N) is 3. The number of alkyl halides is 1. The second kappa shape index (κ2) is 6.99. The van der Waals surface area contributed by atoms with Gasteiger partial charge in [-0.1, -0.05) is 46.3 Å². The average Bonchev–Trinajstić information content (AvgIpc) is 2.48. The van der Waals surface area contributed by atoms with Crippen LogP contribution >= 0.6 is 15.9 Å². The van der Waals surface area contributed by atoms with Gasteiger partial charge in [-0.15, -0.1) is 0 Å². The first-order valence-electron chi connectivity index (χ1n) is 5.97. The highest BCUT2D eigenvalue weighted by atomic mass is 79.9. The molecule has 0 N–H and O–H groups in total. The van der Waals surface area contributed by atoms with Crippen molar-refractivity contribution in [1.82, 2.24) is 15.1 Å². The third-order valence-electron chi connectivity index (χ3n) is 2.69. The Labute approximate surface area is 120 Å². The number of carbonyl (C=O) groups excluding carboxylic acids is 1. The summed E-state index contributed by atoms with van der Waals surface area (Å²) in [5.74, 6) is -0.0294.